The van der Waals surface area contributed by atoms with Crippen LogP contribution in [-0.4, -0.2) is 10.2 Å². The number of aryl methyl sites for hydroxylation is 2. The first-order chi connectivity index (χ1) is 11.0. The zero-order chi connectivity index (χ0) is 16.6. The maximum atomic E-state index is 13.3. The van der Waals surface area contributed by atoms with Gasteiger partial charge in [-0.15, -0.1) is 0 Å². The van der Waals surface area contributed by atoms with Crippen molar-refractivity contribution in [1.29, 1.82) is 0 Å². The molecule has 0 spiro atoms. The molecule has 116 valence electrons. The summed E-state index contributed by atoms with van der Waals surface area (Å²) in [4.78, 5) is 14.7. The zero-order valence-electron chi connectivity index (χ0n) is 12.7. The number of carbonyl (C=O) groups is 1. The third-order valence-electron chi connectivity index (χ3n) is 3.69. The lowest BCUT2D eigenvalue weighted by Crippen LogP contribution is -2.27. The monoisotopic (exact) mass is 343 g/mol. The van der Waals surface area contributed by atoms with Crippen LogP contribution < -0.4 is 4.90 Å². The summed E-state index contributed by atoms with van der Waals surface area (Å²) >= 11 is 6.58. The van der Waals surface area contributed by atoms with Gasteiger partial charge in [-0.25, -0.2) is 4.39 Å². The van der Waals surface area contributed by atoms with E-state index in [1.807, 2.05) is 32.0 Å². The lowest BCUT2D eigenvalue weighted by molar-refractivity contribution is -0.113. The van der Waals surface area contributed by atoms with Crippen LogP contribution in [0, 0.1) is 19.7 Å². The lowest BCUT2D eigenvalue weighted by Gasteiger charge is -2.15. The van der Waals surface area contributed by atoms with Crippen molar-refractivity contribution in [1.82, 2.24) is 0 Å². The van der Waals surface area contributed by atoms with Gasteiger partial charge in [0.15, 0.2) is 4.32 Å². The highest BCUT2D eigenvalue weighted by atomic mass is 32.2. The van der Waals surface area contributed by atoms with Crippen molar-refractivity contribution in [2.45, 2.75) is 13.8 Å². The maximum absolute atomic E-state index is 13.3. The topological polar surface area (TPSA) is 20.3 Å². The van der Waals surface area contributed by atoms with E-state index >= 15 is 0 Å². The van der Waals surface area contributed by atoms with Crippen LogP contribution in [0.4, 0.5) is 10.1 Å². The summed E-state index contributed by atoms with van der Waals surface area (Å²) < 4.78 is 13.8. The van der Waals surface area contributed by atoms with E-state index in [0.717, 1.165) is 16.8 Å². The van der Waals surface area contributed by atoms with Gasteiger partial charge < -0.3 is 0 Å². The molecule has 0 aromatic heterocycles. The summed E-state index contributed by atoms with van der Waals surface area (Å²) in [6.45, 7) is 4.02. The molecule has 2 nitrogen and oxygen atoms in total. The molecule has 0 atom stereocenters. The van der Waals surface area contributed by atoms with Crippen LogP contribution >= 0.6 is 24.0 Å². The first-order valence-corrected chi connectivity index (χ1v) is 8.29. The Kier molecular flexibility index (Phi) is 4.33. The molecule has 3 rings (SSSR count). The number of thioether (sulfide) groups is 1. The number of thiocarbonyl (C=S) groups is 1. The molecule has 2 aromatic carbocycles. The van der Waals surface area contributed by atoms with Crippen molar-refractivity contribution in [2.24, 2.45) is 0 Å². The summed E-state index contributed by atoms with van der Waals surface area (Å²) in [5, 5.41) is 0. The van der Waals surface area contributed by atoms with Gasteiger partial charge in [0.25, 0.3) is 5.91 Å². The summed E-state index contributed by atoms with van der Waals surface area (Å²) in [6, 6.07) is 11.9. The number of hydrogen-bond donors (Lipinski definition) is 0. The second kappa shape index (κ2) is 6.26. The van der Waals surface area contributed by atoms with Crippen molar-refractivity contribution < 1.29 is 9.18 Å². The van der Waals surface area contributed by atoms with E-state index in [1.165, 1.54) is 28.8 Å². The van der Waals surface area contributed by atoms with E-state index in [2.05, 4.69) is 0 Å². The van der Waals surface area contributed by atoms with Crippen molar-refractivity contribution >= 4 is 46.0 Å². The Morgan fingerprint density at radius 3 is 2.61 bits per heavy atom. The molecule has 1 heterocycles. The van der Waals surface area contributed by atoms with Gasteiger partial charge in [0.05, 0.1) is 10.6 Å². The number of hydrogen-bond acceptors (Lipinski definition) is 3. The molecule has 1 amide bonds. The Morgan fingerprint density at radius 1 is 1.13 bits per heavy atom. The second-order valence-corrected chi connectivity index (χ2v) is 7.02. The molecule has 1 saturated heterocycles. The SMILES string of the molecule is Cc1ccc(N2C(=O)/C(=C\c3cccc(F)c3)SC2=S)cc1C. The van der Waals surface area contributed by atoms with E-state index in [4.69, 9.17) is 12.2 Å². The van der Waals surface area contributed by atoms with Crippen LogP contribution in [0.1, 0.15) is 16.7 Å². The fraction of sp³-hybridized carbons (Fsp3) is 0.111. The largest absolute Gasteiger partial charge is 0.270 e. The molecular formula is C18H14FNOS2. The minimum atomic E-state index is -0.330. The number of amides is 1. The van der Waals surface area contributed by atoms with Gasteiger partial charge in [0.1, 0.15) is 5.82 Å². The average molecular weight is 343 g/mol. The molecule has 1 fully saturated rings. The Morgan fingerprint density at radius 2 is 1.91 bits per heavy atom. The van der Waals surface area contributed by atoms with Crippen LogP contribution in [0.15, 0.2) is 47.4 Å². The van der Waals surface area contributed by atoms with Gasteiger partial charge in [-0.3, -0.25) is 9.69 Å². The highest BCUT2D eigenvalue weighted by Crippen LogP contribution is 2.36. The van der Waals surface area contributed by atoms with Crippen LogP contribution in [0.25, 0.3) is 6.08 Å². The number of benzene rings is 2. The first-order valence-electron chi connectivity index (χ1n) is 7.06. The van der Waals surface area contributed by atoms with Gasteiger partial charge in [-0.1, -0.05) is 42.2 Å². The fourth-order valence-electron chi connectivity index (χ4n) is 2.30. The molecule has 5 heteroatoms. The van der Waals surface area contributed by atoms with Crippen LogP contribution in [0.5, 0.6) is 0 Å². The Labute approximate surface area is 144 Å². The van der Waals surface area contributed by atoms with E-state index in [1.54, 1.807) is 18.2 Å². The third kappa shape index (κ3) is 3.21. The number of halogens is 1. The van der Waals surface area contributed by atoms with Crippen LogP contribution in [-0.2, 0) is 4.79 Å². The van der Waals surface area contributed by atoms with Gasteiger partial charge in [-0.2, -0.15) is 0 Å². The lowest BCUT2D eigenvalue weighted by atomic mass is 10.1. The smallest absolute Gasteiger partial charge is 0.268 e. The molecule has 2 aromatic rings. The van der Waals surface area contributed by atoms with Gasteiger partial charge in [-0.05, 0) is 60.9 Å². The zero-order valence-corrected chi connectivity index (χ0v) is 14.3. The summed E-state index contributed by atoms with van der Waals surface area (Å²) in [5.74, 6) is -0.504. The fourth-order valence-corrected chi connectivity index (χ4v) is 3.60. The quantitative estimate of drug-likeness (QED) is 0.574. The Bertz CT molecular complexity index is 845. The van der Waals surface area contributed by atoms with E-state index < -0.39 is 0 Å². The highest BCUT2D eigenvalue weighted by Gasteiger charge is 2.33. The van der Waals surface area contributed by atoms with Gasteiger partial charge in [0, 0.05) is 0 Å². The predicted octanol–water partition coefficient (Wildman–Crippen LogP) is 4.85. The molecule has 0 bridgehead atoms. The molecule has 23 heavy (non-hydrogen) atoms. The van der Waals surface area contributed by atoms with Crippen molar-refractivity contribution in [3.8, 4) is 0 Å². The normalized spacial score (nSPS) is 16.5. The molecule has 0 N–H and O–H groups in total. The van der Waals surface area contributed by atoms with E-state index in [9.17, 15) is 9.18 Å². The third-order valence-corrected chi connectivity index (χ3v) is 4.99. The minimum absolute atomic E-state index is 0.174. The van der Waals surface area contributed by atoms with Crippen molar-refractivity contribution in [2.75, 3.05) is 4.90 Å². The minimum Gasteiger partial charge on any atom is -0.268 e. The molecule has 1 aliphatic rings. The molecule has 0 radical (unpaired) electrons. The highest BCUT2D eigenvalue weighted by molar-refractivity contribution is 8.27. The predicted molar refractivity (Wildman–Crippen MR) is 98.0 cm³/mol. The van der Waals surface area contributed by atoms with Crippen LogP contribution in [0.2, 0.25) is 0 Å². The maximum Gasteiger partial charge on any atom is 0.270 e. The van der Waals surface area contributed by atoms with Crippen LogP contribution in [0.3, 0.4) is 0 Å². The molecule has 1 aliphatic heterocycles. The summed E-state index contributed by atoms with van der Waals surface area (Å²) in [7, 11) is 0. The van der Waals surface area contributed by atoms with E-state index in [0.29, 0.717) is 14.8 Å². The van der Waals surface area contributed by atoms with Crippen molar-refractivity contribution in [3.05, 3.63) is 69.9 Å². The van der Waals surface area contributed by atoms with Gasteiger partial charge in [0.2, 0.25) is 0 Å². The van der Waals surface area contributed by atoms with Crippen molar-refractivity contribution in [3.63, 3.8) is 0 Å². The first kappa shape index (κ1) is 15.9. The Hall–Kier alpha value is -1.98. The number of nitrogens with zero attached hydrogens (tertiary/aromatic N) is 1. The molecule has 0 aliphatic carbocycles. The molecule has 0 saturated carbocycles. The summed E-state index contributed by atoms with van der Waals surface area (Å²) in [5.41, 5.74) is 3.67. The number of anilines is 1. The van der Waals surface area contributed by atoms with E-state index in [-0.39, 0.29) is 11.7 Å². The number of carbonyl (C=O) groups excluding carboxylic acids is 1. The molecular weight excluding hydrogens is 329 g/mol. The Balaban J connectivity index is 1.95. The molecule has 0 unspecified atom stereocenters. The number of rotatable bonds is 2. The standard InChI is InChI=1S/C18H14FNOS2/c1-11-6-7-15(8-12(11)2)20-17(21)16(23-18(20)22)10-13-4-3-5-14(19)9-13/h3-10H,1-2H3/b16-10+. The van der Waals surface area contributed by atoms with Gasteiger partial charge >= 0.3 is 0 Å². The average Bonchev–Trinajstić information content (AvgIpc) is 2.77. The second-order valence-electron chi connectivity index (χ2n) is 5.34. The summed E-state index contributed by atoms with van der Waals surface area (Å²) in [6.07, 6.45) is 1.67.